The smallest absolute Gasteiger partial charge is 0.322 e. The van der Waals surface area contributed by atoms with Crippen LogP contribution >= 0.6 is 22.6 Å². The van der Waals surface area contributed by atoms with Gasteiger partial charge in [-0.1, -0.05) is 35.6 Å². The molecule has 0 spiro atoms. The van der Waals surface area contributed by atoms with Crippen molar-refractivity contribution in [2.45, 2.75) is 43.1 Å². The minimum absolute atomic E-state index is 0.370. The maximum atomic E-state index is 13.2. The van der Waals surface area contributed by atoms with Gasteiger partial charge < -0.3 is 4.74 Å². The van der Waals surface area contributed by atoms with Crippen LogP contribution in [-0.2, 0) is 15.1 Å². The highest BCUT2D eigenvalue weighted by molar-refractivity contribution is 14.1. The molecule has 0 saturated heterocycles. The second kappa shape index (κ2) is 5.73. The highest BCUT2D eigenvalue weighted by atomic mass is 127. The van der Waals surface area contributed by atoms with E-state index in [4.69, 9.17) is 4.74 Å². The van der Waals surface area contributed by atoms with E-state index in [1.54, 1.807) is 20.8 Å². The topological polar surface area (TPSA) is 26.3 Å². The lowest BCUT2D eigenvalue weighted by Gasteiger charge is -2.30. The quantitative estimate of drug-likeness (QED) is 0.440. The van der Waals surface area contributed by atoms with E-state index >= 15 is 0 Å². The zero-order valence-corrected chi connectivity index (χ0v) is 13.5. The van der Waals surface area contributed by atoms with Crippen LogP contribution in [0.2, 0.25) is 0 Å². The summed E-state index contributed by atoms with van der Waals surface area (Å²) >= 11 is 2.03. The van der Waals surface area contributed by atoms with Crippen LogP contribution in [0.25, 0.3) is 0 Å². The Labute approximate surface area is 125 Å². The molecule has 1 atom stereocenters. The molecule has 106 valence electrons. The molecule has 2 nitrogen and oxygen atoms in total. The predicted molar refractivity (Wildman–Crippen MR) is 78.2 cm³/mol. The first-order chi connectivity index (χ1) is 8.60. The van der Waals surface area contributed by atoms with Crippen molar-refractivity contribution in [1.82, 2.24) is 0 Å². The number of carbonyl (C=O) groups excluding carboxylic acids is 1. The van der Waals surface area contributed by atoms with E-state index in [0.29, 0.717) is 12.0 Å². The molecule has 19 heavy (non-hydrogen) atoms. The fourth-order valence-electron chi connectivity index (χ4n) is 1.41. The van der Waals surface area contributed by atoms with E-state index in [9.17, 15) is 13.6 Å². The maximum Gasteiger partial charge on any atom is 0.322 e. The Morgan fingerprint density at radius 2 is 1.84 bits per heavy atom. The van der Waals surface area contributed by atoms with Crippen molar-refractivity contribution in [3.05, 3.63) is 35.4 Å². The Morgan fingerprint density at radius 3 is 2.32 bits per heavy atom. The van der Waals surface area contributed by atoms with Crippen molar-refractivity contribution < 1.29 is 18.3 Å². The lowest BCUT2D eigenvalue weighted by molar-refractivity contribution is -0.159. The predicted octanol–water partition coefficient (Wildman–Crippen LogP) is 4.35. The van der Waals surface area contributed by atoms with E-state index in [0.717, 1.165) is 12.1 Å². The molecule has 1 aromatic carbocycles. The van der Waals surface area contributed by atoms with Gasteiger partial charge in [0, 0.05) is 0 Å². The summed E-state index contributed by atoms with van der Waals surface area (Å²) in [5.41, 5.74) is -0.587. The summed E-state index contributed by atoms with van der Waals surface area (Å²) in [6, 6.07) is 3.50. The van der Waals surface area contributed by atoms with Gasteiger partial charge in [-0.15, -0.1) is 0 Å². The van der Waals surface area contributed by atoms with Gasteiger partial charge in [-0.25, -0.2) is 8.78 Å². The lowest BCUT2D eigenvalue weighted by Crippen LogP contribution is -2.36. The van der Waals surface area contributed by atoms with Crippen LogP contribution in [-0.4, -0.2) is 9.39 Å². The first kappa shape index (κ1) is 16.3. The SMILES string of the molecule is CCC(C)(I)C(=O)OC(C)(C)c1ccc(F)c(F)c1. The van der Waals surface area contributed by atoms with E-state index in [-0.39, 0.29) is 5.97 Å². The Morgan fingerprint density at radius 1 is 1.26 bits per heavy atom. The molecule has 0 fully saturated rings. The Bertz CT molecular complexity index is 484. The summed E-state index contributed by atoms with van der Waals surface area (Å²) in [5, 5.41) is 0. The Kier molecular flexibility index (Phi) is 4.92. The van der Waals surface area contributed by atoms with Crippen molar-refractivity contribution in [1.29, 1.82) is 0 Å². The molecule has 0 heterocycles. The molecule has 1 rings (SSSR count). The molecule has 1 aromatic rings. The average Bonchev–Trinajstić information content (AvgIpc) is 2.31. The number of esters is 1. The normalized spacial score (nSPS) is 14.9. The van der Waals surface area contributed by atoms with E-state index in [1.165, 1.54) is 6.07 Å². The highest BCUT2D eigenvalue weighted by Crippen LogP contribution is 2.31. The van der Waals surface area contributed by atoms with E-state index in [1.807, 2.05) is 29.5 Å². The van der Waals surface area contributed by atoms with Crippen molar-refractivity contribution in [2.75, 3.05) is 0 Å². The molecular weight excluding hydrogens is 365 g/mol. The highest BCUT2D eigenvalue weighted by Gasteiger charge is 2.35. The molecule has 0 bridgehead atoms. The Hall–Kier alpha value is -0.720. The second-order valence-corrected chi connectivity index (χ2v) is 7.46. The molecule has 0 aliphatic heterocycles. The molecule has 0 aliphatic rings. The van der Waals surface area contributed by atoms with Gasteiger partial charge >= 0.3 is 5.97 Å². The third-order valence-corrected chi connectivity index (χ3v) is 4.26. The van der Waals surface area contributed by atoms with Crippen molar-refractivity contribution in [3.8, 4) is 0 Å². The third-order valence-electron chi connectivity index (χ3n) is 3.05. The number of alkyl halides is 1. The number of ether oxygens (including phenoxy) is 1. The number of hydrogen-bond donors (Lipinski definition) is 0. The number of carbonyl (C=O) groups is 1. The van der Waals surface area contributed by atoms with Crippen molar-refractivity contribution >= 4 is 28.6 Å². The van der Waals surface area contributed by atoms with Gasteiger partial charge in [0.15, 0.2) is 11.6 Å². The molecule has 5 heteroatoms. The van der Waals surface area contributed by atoms with Crippen LogP contribution in [0.5, 0.6) is 0 Å². The van der Waals surface area contributed by atoms with Crippen molar-refractivity contribution in [3.63, 3.8) is 0 Å². The number of benzene rings is 1. The first-order valence-electron chi connectivity index (χ1n) is 5.98. The van der Waals surface area contributed by atoms with Crippen LogP contribution < -0.4 is 0 Å². The van der Waals surface area contributed by atoms with E-state index < -0.39 is 20.7 Å². The second-order valence-electron chi connectivity index (χ2n) is 5.08. The number of halogens is 3. The fraction of sp³-hybridized carbons (Fsp3) is 0.500. The molecule has 0 radical (unpaired) electrons. The van der Waals surface area contributed by atoms with Gasteiger partial charge in [0.2, 0.25) is 0 Å². The van der Waals surface area contributed by atoms with Gasteiger partial charge in [-0.05, 0) is 44.9 Å². The minimum atomic E-state index is -1.01. The average molecular weight is 382 g/mol. The molecule has 0 N–H and O–H groups in total. The largest absolute Gasteiger partial charge is 0.454 e. The lowest BCUT2D eigenvalue weighted by atomic mass is 9.97. The summed E-state index contributed by atoms with van der Waals surface area (Å²) < 4.78 is 30.9. The molecular formula is C14H17F2IO2. The van der Waals surface area contributed by atoms with Crippen LogP contribution in [0.15, 0.2) is 18.2 Å². The van der Waals surface area contributed by atoms with Crippen LogP contribution in [0.3, 0.4) is 0 Å². The van der Waals surface area contributed by atoms with Crippen LogP contribution in [0.4, 0.5) is 8.78 Å². The van der Waals surface area contributed by atoms with Gasteiger partial charge in [0.05, 0.1) is 0 Å². The summed E-state index contributed by atoms with van der Waals surface area (Å²) in [7, 11) is 0. The van der Waals surface area contributed by atoms with Gasteiger partial charge in [-0.3, -0.25) is 4.79 Å². The van der Waals surface area contributed by atoms with E-state index in [2.05, 4.69) is 0 Å². The molecule has 1 unspecified atom stereocenters. The monoisotopic (exact) mass is 382 g/mol. The summed E-state index contributed by atoms with van der Waals surface area (Å²) in [6.45, 7) is 6.97. The summed E-state index contributed by atoms with van der Waals surface area (Å²) in [4.78, 5) is 12.0. The van der Waals surface area contributed by atoms with Crippen LogP contribution in [0, 0.1) is 11.6 Å². The van der Waals surface area contributed by atoms with Gasteiger partial charge in [-0.2, -0.15) is 0 Å². The molecule has 0 saturated carbocycles. The molecule has 0 amide bonds. The third kappa shape index (κ3) is 3.87. The van der Waals surface area contributed by atoms with Gasteiger partial charge in [0.25, 0.3) is 0 Å². The summed E-state index contributed by atoms with van der Waals surface area (Å²) in [5.74, 6) is -2.24. The number of rotatable bonds is 4. The fourth-order valence-corrected chi connectivity index (χ4v) is 1.52. The zero-order valence-electron chi connectivity index (χ0n) is 11.4. The Balaban J connectivity index is 2.98. The maximum absolute atomic E-state index is 13.2. The zero-order chi connectivity index (χ0) is 14.8. The first-order valence-corrected chi connectivity index (χ1v) is 7.06. The molecule has 0 aliphatic carbocycles. The number of hydrogen-bond acceptors (Lipinski definition) is 2. The molecule has 0 aromatic heterocycles. The van der Waals surface area contributed by atoms with Gasteiger partial charge in [0.1, 0.15) is 9.02 Å². The minimum Gasteiger partial charge on any atom is -0.454 e. The summed E-state index contributed by atoms with van der Waals surface area (Å²) in [6.07, 6.45) is 0.625. The van der Waals surface area contributed by atoms with Crippen LogP contribution in [0.1, 0.15) is 39.7 Å². The van der Waals surface area contributed by atoms with Crippen molar-refractivity contribution in [2.24, 2.45) is 0 Å². The standard InChI is InChI=1S/C14H17F2IO2/c1-5-14(4,17)12(18)19-13(2,3)9-6-7-10(15)11(16)8-9/h6-8H,5H2,1-4H3.